The molecule has 0 spiro atoms. The molecule has 1 fully saturated rings. The summed E-state index contributed by atoms with van der Waals surface area (Å²) in [6, 6.07) is 10.6. The minimum Gasteiger partial charge on any atom is -0.507 e. The molecule has 3 rings (SSSR count). The second kappa shape index (κ2) is 9.02. The number of nitrogens with zero attached hydrogens (tertiary/aromatic N) is 3. The largest absolute Gasteiger partial charge is 0.507 e. The molecule has 2 heterocycles. The summed E-state index contributed by atoms with van der Waals surface area (Å²) in [6.07, 6.45) is 3.83. The number of carbonyl (C=O) groups is 2. The number of ketones is 1. The van der Waals surface area contributed by atoms with Gasteiger partial charge in [0.05, 0.1) is 11.6 Å². The van der Waals surface area contributed by atoms with Crippen LogP contribution in [0.3, 0.4) is 0 Å². The minimum absolute atomic E-state index is 0.0108. The molecule has 0 saturated carbocycles. The number of aromatic nitrogens is 1. The van der Waals surface area contributed by atoms with Crippen LogP contribution < -0.4 is 0 Å². The van der Waals surface area contributed by atoms with E-state index >= 15 is 0 Å². The molecule has 6 heteroatoms. The van der Waals surface area contributed by atoms with E-state index < -0.39 is 17.7 Å². The molecule has 0 radical (unpaired) electrons. The second-order valence-electron chi connectivity index (χ2n) is 9.26. The van der Waals surface area contributed by atoms with Gasteiger partial charge in [-0.25, -0.2) is 0 Å². The molecule has 0 bridgehead atoms. The molecule has 1 atom stereocenters. The van der Waals surface area contributed by atoms with Crippen LogP contribution >= 0.6 is 0 Å². The highest BCUT2D eigenvalue weighted by Crippen LogP contribution is 2.40. The summed E-state index contributed by atoms with van der Waals surface area (Å²) < 4.78 is 0. The average molecular weight is 422 g/mol. The molecule has 1 amide bonds. The van der Waals surface area contributed by atoms with E-state index in [1.807, 2.05) is 43.3 Å². The molecule has 1 saturated heterocycles. The molecule has 31 heavy (non-hydrogen) atoms. The lowest BCUT2D eigenvalue weighted by Crippen LogP contribution is -2.32. The molecular weight excluding hydrogens is 390 g/mol. The van der Waals surface area contributed by atoms with Crippen molar-refractivity contribution in [3.63, 3.8) is 0 Å². The normalized spacial score (nSPS) is 18.8. The lowest BCUT2D eigenvalue weighted by Gasteiger charge is -2.27. The third-order valence-corrected chi connectivity index (χ3v) is 5.59. The molecule has 6 nitrogen and oxygen atoms in total. The minimum atomic E-state index is -0.649. The van der Waals surface area contributed by atoms with Gasteiger partial charge in [-0.1, -0.05) is 45.0 Å². The fraction of sp³-hybridized carbons (Fsp3) is 0.400. The average Bonchev–Trinajstić information content (AvgIpc) is 2.98. The van der Waals surface area contributed by atoms with Crippen LogP contribution in [0.25, 0.3) is 5.76 Å². The van der Waals surface area contributed by atoms with E-state index in [0.717, 1.165) is 24.1 Å². The fourth-order valence-corrected chi connectivity index (χ4v) is 3.85. The van der Waals surface area contributed by atoms with Crippen LogP contribution in [0.1, 0.15) is 49.9 Å². The van der Waals surface area contributed by atoms with Gasteiger partial charge in [0.1, 0.15) is 5.76 Å². The topological polar surface area (TPSA) is 73.7 Å². The van der Waals surface area contributed by atoms with Crippen LogP contribution in [0, 0.1) is 0 Å². The number of aliphatic hydroxyl groups is 1. The Morgan fingerprint density at radius 1 is 1.06 bits per heavy atom. The Hall–Kier alpha value is -2.99. The van der Waals surface area contributed by atoms with Crippen molar-refractivity contribution in [2.24, 2.45) is 0 Å². The third kappa shape index (κ3) is 4.85. The maximum atomic E-state index is 13.0. The fourth-order valence-electron chi connectivity index (χ4n) is 3.85. The van der Waals surface area contributed by atoms with Gasteiger partial charge in [-0.15, -0.1) is 0 Å². The van der Waals surface area contributed by atoms with Gasteiger partial charge in [0, 0.05) is 24.5 Å². The van der Waals surface area contributed by atoms with Crippen LogP contribution in [0.15, 0.2) is 54.4 Å². The monoisotopic (exact) mass is 421 g/mol. The first-order valence-corrected chi connectivity index (χ1v) is 10.5. The maximum Gasteiger partial charge on any atom is 0.295 e. The number of benzene rings is 1. The van der Waals surface area contributed by atoms with E-state index in [4.69, 9.17) is 0 Å². The summed E-state index contributed by atoms with van der Waals surface area (Å²) in [7, 11) is 3.94. The zero-order valence-corrected chi connectivity index (χ0v) is 18.9. The third-order valence-electron chi connectivity index (χ3n) is 5.59. The molecule has 1 N–H and O–H groups in total. The van der Waals surface area contributed by atoms with E-state index in [0.29, 0.717) is 12.1 Å². The van der Waals surface area contributed by atoms with Crippen LogP contribution in [0.2, 0.25) is 0 Å². The van der Waals surface area contributed by atoms with E-state index in [1.165, 1.54) is 0 Å². The summed E-state index contributed by atoms with van der Waals surface area (Å²) >= 11 is 0. The summed E-state index contributed by atoms with van der Waals surface area (Å²) in [4.78, 5) is 33.5. The van der Waals surface area contributed by atoms with Gasteiger partial charge < -0.3 is 14.9 Å². The Labute approximate surface area is 184 Å². The van der Waals surface area contributed by atoms with Gasteiger partial charge in [0.25, 0.3) is 11.7 Å². The lowest BCUT2D eigenvalue weighted by atomic mass is 9.85. The highest BCUT2D eigenvalue weighted by atomic mass is 16.3. The predicted molar refractivity (Wildman–Crippen MR) is 122 cm³/mol. The number of pyridine rings is 1. The van der Waals surface area contributed by atoms with Crippen molar-refractivity contribution in [1.29, 1.82) is 0 Å². The Morgan fingerprint density at radius 3 is 2.23 bits per heavy atom. The number of rotatable bonds is 6. The molecule has 1 aromatic heterocycles. The van der Waals surface area contributed by atoms with Crippen molar-refractivity contribution in [3.8, 4) is 0 Å². The van der Waals surface area contributed by atoms with Crippen molar-refractivity contribution >= 4 is 17.4 Å². The van der Waals surface area contributed by atoms with Crippen LogP contribution in [0.5, 0.6) is 0 Å². The predicted octanol–water partition coefficient (Wildman–Crippen LogP) is 3.75. The number of carbonyl (C=O) groups excluding carboxylic acids is 2. The lowest BCUT2D eigenvalue weighted by molar-refractivity contribution is -0.139. The van der Waals surface area contributed by atoms with E-state index in [2.05, 4.69) is 25.8 Å². The van der Waals surface area contributed by atoms with Gasteiger partial charge in [-0.3, -0.25) is 14.6 Å². The molecule has 0 aliphatic carbocycles. The second-order valence-corrected chi connectivity index (χ2v) is 9.26. The van der Waals surface area contributed by atoms with Crippen molar-refractivity contribution in [2.45, 2.75) is 38.6 Å². The number of aliphatic hydroxyl groups excluding tert-OH is 1. The van der Waals surface area contributed by atoms with Crippen molar-refractivity contribution in [1.82, 2.24) is 14.8 Å². The van der Waals surface area contributed by atoms with Gasteiger partial charge in [-0.2, -0.15) is 0 Å². The maximum absolute atomic E-state index is 13.0. The molecule has 164 valence electrons. The highest BCUT2D eigenvalue weighted by Gasteiger charge is 2.45. The number of likely N-dealkylation sites (tertiary alicyclic amines) is 1. The molecule has 2 aromatic rings. The van der Waals surface area contributed by atoms with Gasteiger partial charge in [0.2, 0.25) is 0 Å². The van der Waals surface area contributed by atoms with Crippen LogP contribution in [0.4, 0.5) is 0 Å². The van der Waals surface area contributed by atoms with Crippen LogP contribution in [-0.2, 0) is 15.0 Å². The Morgan fingerprint density at radius 2 is 1.68 bits per heavy atom. The highest BCUT2D eigenvalue weighted by molar-refractivity contribution is 6.46. The van der Waals surface area contributed by atoms with E-state index in [1.54, 1.807) is 29.4 Å². The quantitative estimate of drug-likeness (QED) is 0.437. The van der Waals surface area contributed by atoms with Crippen molar-refractivity contribution in [2.75, 3.05) is 27.2 Å². The summed E-state index contributed by atoms with van der Waals surface area (Å²) in [5.41, 5.74) is 2.56. The zero-order valence-electron chi connectivity index (χ0n) is 18.9. The van der Waals surface area contributed by atoms with Crippen molar-refractivity contribution in [3.05, 3.63) is 71.1 Å². The SMILES string of the molecule is CN(C)CCCN1C(=O)C(=O)/C(=C(/O)c2ccncc2)[C@H]1c1ccc(C(C)(C)C)cc1. The summed E-state index contributed by atoms with van der Waals surface area (Å²) in [5, 5.41) is 11.0. The van der Waals surface area contributed by atoms with E-state index in [9.17, 15) is 14.7 Å². The number of hydrogen-bond acceptors (Lipinski definition) is 5. The van der Waals surface area contributed by atoms with Gasteiger partial charge in [0.15, 0.2) is 0 Å². The number of amides is 1. The van der Waals surface area contributed by atoms with E-state index in [-0.39, 0.29) is 16.7 Å². The molecule has 1 aliphatic heterocycles. The Bertz CT molecular complexity index is 973. The first-order valence-electron chi connectivity index (χ1n) is 10.5. The summed E-state index contributed by atoms with van der Waals surface area (Å²) in [5.74, 6) is -1.39. The molecule has 1 aliphatic rings. The number of Topliss-reactive ketones (excluding diaryl/α,β-unsaturated/α-hetero) is 1. The molecule has 0 unspecified atom stereocenters. The Kier molecular flexibility index (Phi) is 6.60. The van der Waals surface area contributed by atoms with Gasteiger partial charge in [-0.05, 0) is 55.7 Å². The smallest absolute Gasteiger partial charge is 0.295 e. The Balaban J connectivity index is 2.08. The van der Waals surface area contributed by atoms with Crippen molar-refractivity contribution < 1.29 is 14.7 Å². The van der Waals surface area contributed by atoms with Gasteiger partial charge >= 0.3 is 0 Å². The molecule has 1 aromatic carbocycles. The first-order chi connectivity index (χ1) is 14.6. The summed E-state index contributed by atoms with van der Waals surface area (Å²) in [6.45, 7) is 7.64. The standard InChI is InChI=1S/C25H31N3O3/c1-25(2,3)19-9-7-17(8-10-19)21-20(22(29)18-11-13-26-14-12-18)23(30)24(31)28(21)16-6-15-27(4)5/h7-14,21,29H,6,15-16H2,1-5H3/b22-20+/t21-/m1/s1. The first kappa shape index (κ1) is 22.7. The van der Waals surface area contributed by atoms with Crippen LogP contribution in [-0.4, -0.2) is 58.8 Å². The molecular formula is C25H31N3O3. The zero-order chi connectivity index (χ0) is 22.8. The number of hydrogen-bond donors (Lipinski definition) is 1.